The number of nitrogens with zero attached hydrogens (tertiary/aromatic N) is 1. The van der Waals surface area contributed by atoms with E-state index in [9.17, 15) is 14.7 Å². The highest BCUT2D eigenvalue weighted by Gasteiger charge is 2.23. The Morgan fingerprint density at radius 1 is 1.02 bits per heavy atom. The summed E-state index contributed by atoms with van der Waals surface area (Å²) in [5.41, 5.74) is 1.87. The van der Waals surface area contributed by atoms with Crippen molar-refractivity contribution in [1.82, 2.24) is 0 Å². The fraction of sp³-hybridized carbons (Fsp3) is 0.649. The van der Waals surface area contributed by atoms with E-state index in [-0.39, 0.29) is 35.1 Å². The normalized spacial score (nSPS) is 13.4. The third-order valence-corrected chi connectivity index (χ3v) is 5.85. The first kappa shape index (κ1) is 53.2. The highest BCUT2D eigenvalue weighted by Crippen LogP contribution is 2.22. The average molecular weight is 624 g/mol. The molecule has 0 saturated heterocycles. The van der Waals surface area contributed by atoms with E-state index in [4.69, 9.17) is 4.74 Å². The SMILES string of the molecule is C#C.C=CCC.C=CC[C@H](C)[C@H](O)[C@@H](C)C(C)=O.CC.CC.CC=NC(=C\S)/C=C(\C)[C@H](CC)OC(=O)CCC(C)(C)C. The summed E-state index contributed by atoms with van der Waals surface area (Å²) in [6.07, 6.45) is 18.4. The van der Waals surface area contributed by atoms with Crippen LogP contribution in [0, 0.1) is 30.1 Å². The first-order valence-electron chi connectivity index (χ1n) is 15.6. The zero-order chi connectivity index (χ0) is 35.6. The smallest absolute Gasteiger partial charge is 0.306 e. The van der Waals surface area contributed by atoms with Gasteiger partial charge in [0.1, 0.15) is 11.9 Å². The highest BCUT2D eigenvalue weighted by atomic mass is 32.1. The molecule has 5 nitrogen and oxygen atoms in total. The number of esters is 1. The van der Waals surface area contributed by atoms with Gasteiger partial charge in [0.15, 0.2) is 0 Å². The molecular weight excluding hydrogens is 554 g/mol. The lowest BCUT2D eigenvalue weighted by Crippen LogP contribution is -2.29. The monoisotopic (exact) mass is 623 g/mol. The second kappa shape index (κ2) is 37.7. The lowest BCUT2D eigenvalue weighted by Gasteiger charge is -2.21. The van der Waals surface area contributed by atoms with Crippen molar-refractivity contribution in [3.05, 3.63) is 48.1 Å². The fourth-order valence-electron chi connectivity index (χ4n) is 2.91. The zero-order valence-electron chi connectivity index (χ0n) is 30.4. The minimum Gasteiger partial charge on any atom is -0.458 e. The molecule has 6 heteroatoms. The fourth-order valence-corrected chi connectivity index (χ4v) is 3.05. The molecule has 0 aromatic heterocycles. The Morgan fingerprint density at radius 3 is 1.79 bits per heavy atom. The van der Waals surface area contributed by atoms with Crippen molar-refractivity contribution < 1.29 is 19.4 Å². The lowest BCUT2D eigenvalue weighted by atomic mass is 9.89. The molecule has 0 spiro atoms. The van der Waals surface area contributed by atoms with E-state index < -0.39 is 6.10 Å². The number of aliphatic hydroxyl groups is 1. The molecule has 0 aliphatic rings. The molecule has 0 aromatic rings. The van der Waals surface area contributed by atoms with Gasteiger partial charge in [0.2, 0.25) is 0 Å². The summed E-state index contributed by atoms with van der Waals surface area (Å²) >= 11 is 4.13. The van der Waals surface area contributed by atoms with Crippen molar-refractivity contribution in [1.29, 1.82) is 0 Å². The molecule has 0 aliphatic carbocycles. The quantitative estimate of drug-likeness (QED) is 0.0534. The molecule has 0 unspecified atom stereocenters. The van der Waals surface area contributed by atoms with Crippen molar-refractivity contribution >= 4 is 30.6 Å². The summed E-state index contributed by atoms with van der Waals surface area (Å²) in [6, 6.07) is 0. The van der Waals surface area contributed by atoms with Crippen molar-refractivity contribution in [2.75, 3.05) is 0 Å². The molecule has 0 heterocycles. The Labute approximate surface area is 273 Å². The van der Waals surface area contributed by atoms with Crippen LogP contribution in [0.1, 0.15) is 129 Å². The number of ketones is 1. The van der Waals surface area contributed by atoms with E-state index in [1.807, 2.05) is 67.5 Å². The Morgan fingerprint density at radius 2 is 1.49 bits per heavy atom. The number of terminal acetylenes is 1. The van der Waals surface area contributed by atoms with Crippen molar-refractivity contribution in [3.63, 3.8) is 0 Å². The van der Waals surface area contributed by atoms with Gasteiger partial charge < -0.3 is 9.84 Å². The van der Waals surface area contributed by atoms with Crippen LogP contribution in [0.4, 0.5) is 0 Å². The van der Waals surface area contributed by atoms with Gasteiger partial charge in [0.05, 0.1) is 11.8 Å². The van der Waals surface area contributed by atoms with E-state index in [0.717, 1.165) is 37.0 Å². The number of aliphatic imine (C=N–C) groups is 1. The molecule has 1 N–H and O–H groups in total. The molecule has 0 aromatic carbocycles. The molecular formula is C37H69NO4S. The molecule has 0 fully saturated rings. The van der Waals surface area contributed by atoms with E-state index in [2.05, 4.69) is 71.3 Å². The third kappa shape index (κ3) is 37.6. The van der Waals surface area contributed by atoms with Crippen LogP contribution in [0.25, 0.3) is 0 Å². The van der Waals surface area contributed by atoms with Crippen LogP contribution >= 0.6 is 12.6 Å². The molecule has 43 heavy (non-hydrogen) atoms. The molecule has 0 radical (unpaired) electrons. The minimum absolute atomic E-state index is 0.0402. The maximum Gasteiger partial charge on any atom is 0.306 e. The Kier molecular flexibility index (Phi) is 46.6. The van der Waals surface area contributed by atoms with Gasteiger partial charge >= 0.3 is 5.97 Å². The summed E-state index contributed by atoms with van der Waals surface area (Å²) in [5.74, 6) is -0.250. The summed E-state index contributed by atoms with van der Waals surface area (Å²) in [5, 5.41) is 11.3. The van der Waals surface area contributed by atoms with Crippen molar-refractivity contribution in [3.8, 4) is 12.8 Å². The Balaban J connectivity index is -0.000000131. The first-order chi connectivity index (χ1) is 20.1. The first-order valence-corrected chi connectivity index (χ1v) is 16.1. The molecule has 0 aliphatic heterocycles. The average Bonchev–Trinajstić information content (AvgIpc) is 3.00. The van der Waals surface area contributed by atoms with Crippen LogP contribution in [0.5, 0.6) is 0 Å². The van der Waals surface area contributed by atoms with Gasteiger partial charge in [-0.25, -0.2) is 0 Å². The van der Waals surface area contributed by atoms with Gasteiger partial charge in [-0.3, -0.25) is 14.6 Å². The maximum atomic E-state index is 11.9. The number of carbonyl (C=O) groups is 2. The van der Waals surface area contributed by atoms with E-state index in [1.165, 1.54) is 6.92 Å². The van der Waals surface area contributed by atoms with Crippen LogP contribution in [0.3, 0.4) is 0 Å². The Hall–Kier alpha value is -2.36. The second-order valence-corrected chi connectivity index (χ2v) is 10.6. The summed E-state index contributed by atoms with van der Waals surface area (Å²) in [6.45, 7) is 34.5. The number of carbonyl (C=O) groups excluding carboxylic acids is 2. The van der Waals surface area contributed by atoms with Gasteiger partial charge in [-0.1, -0.05) is 88.3 Å². The van der Waals surface area contributed by atoms with Crippen LogP contribution in [-0.4, -0.2) is 35.3 Å². The number of Topliss-reactive ketones (excluding diaryl/α,β-unsaturated/α-hetero) is 1. The van der Waals surface area contributed by atoms with Crippen LogP contribution < -0.4 is 0 Å². The van der Waals surface area contributed by atoms with E-state index in [0.29, 0.717) is 6.42 Å². The number of ether oxygens (including phenoxy) is 1. The second-order valence-electron chi connectivity index (χ2n) is 10.4. The molecule has 0 saturated carbocycles. The molecule has 0 amide bonds. The number of hydrogen-bond acceptors (Lipinski definition) is 6. The minimum atomic E-state index is -0.541. The molecule has 252 valence electrons. The van der Waals surface area contributed by atoms with E-state index in [1.54, 1.807) is 24.6 Å². The highest BCUT2D eigenvalue weighted by molar-refractivity contribution is 7.83. The molecule has 4 atom stereocenters. The molecule has 0 bridgehead atoms. The van der Waals surface area contributed by atoms with Crippen molar-refractivity contribution in [2.24, 2.45) is 22.2 Å². The standard InChI is InChI=1S/C17H29NO2S.C10H18O2.C4H8.2C2H6.C2H2/c1-7-15(13(3)11-14(12-21)18-8-2)20-16(19)9-10-17(4,5)6;1-5-6-7(2)10(12)8(3)9(4)11;1-3-4-2;3*1-2/h8,11-12,15,21H,7,9-10H2,1-6H3;5,7-8,10,12H,1,6H2,2-4H3;3H,1,4H2,2H3;2*1-2H3;1-2H/b13-11+,14-12-,18-8?;;;;;/t15-;7-,8-,10-;;;;/m00..../s1. The zero-order valence-corrected chi connectivity index (χ0v) is 31.3. The number of aliphatic hydroxyl groups excluding tert-OH is 1. The van der Waals surface area contributed by atoms with Crippen LogP contribution in [-0.2, 0) is 14.3 Å². The van der Waals surface area contributed by atoms with Gasteiger partial charge in [-0.15, -0.1) is 38.6 Å². The topological polar surface area (TPSA) is 76.0 Å². The maximum absolute atomic E-state index is 11.9. The predicted octanol–water partition coefficient (Wildman–Crippen LogP) is 10.6. The van der Waals surface area contributed by atoms with Crippen molar-refractivity contribution in [2.45, 2.75) is 141 Å². The van der Waals surface area contributed by atoms with Gasteiger partial charge in [-0.2, -0.15) is 0 Å². The number of rotatable bonds is 13. The number of thiol groups is 1. The van der Waals surface area contributed by atoms with Gasteiger partial charge in [0.25, 0.3) is 0 Å². The summed E-state index contributed by atoms with van der Waals surface area (Å²) in [4.78, 5) is 27.0. The predicted molar refractivity (Wildman–Crippen MR) is 197 cm³/mol. The lowest BCUT2D eigenvalue weighted by molar-refractivity contribution is -0.148. The number of allylic oxidation sites excluding steroid dienone is 3. The van der Waals surface area contributed by atoms with Crippen LogP contribution in [0.15, 0.2) is 53.1 Å². The molecule has 0 rings (SSSR count). The summed E-state index contributed by atoms with van der Waals surface area (Å²) < 4.78 is 5.57. The Bertz CT molecular complexity index is 788. The van der Waals surface area contributed by atoms with Gasteiger partial charge in [0, 0.05) is 18.6 Å². The van der Waals surface area contributed by atoms with Gasteiger partial charge in [-0.05, 0) is 74.8 Å². The number of hydrogen-bond donors (Lipinski definition) is 2. The third-order valence-electron chi connectivity index (χ3n) is 5.58. The van der Waals surface area contributed by atoms with E-state index >= 15 is 0 Å². The summed E-state index contributed by atoms with van der Waals surface area (Å²) in [7, 11) is 0. The van der Waals surface area contributed by atoms with Crippen LogP contribution in [0.2, 0.25) is 0 Å². The largest absolute Gasteiger partial charge is 0.458 e.